The Balaban J connectivity index is 2.36. The molecule has 0 radical (unpaired) electrons. The standard InChI is InChI=1S/C15H29N3O2/c1-4-5-8-17-14(19)13-6-9-18(10-7-13)15(20)11(2)12(3)16/h11-13H,4-10,16H2,1-3H3,(H,17,19). The molecule has 2 unspecified atom stereocenters. The van der Waals surface area contributed by atoms with Crippen molar-refractivity contribution in [2.24, 2.45) is 17.6 Å². The quantitative estimate of drug-likeness (QED) is 0.717. The van der Waals surface area contributed by atoms with Gasteiger partial charge in [-0.05, 0) is 26.2 Å². The van der Waals surface area contributed by atoms with Crippen LogP contribution in [-0.2, 0) is 9.59 Å². The Kier molecular flexibility index (Phi) is 6.99. The van der Waals surface area contributed by atoms with Crippen LogP contribution < -0.4 is 11.1 Å². The maximum Gasteiger partial charge on any atom is 0.226 e. The fourth-order valence-electron chi connectivity index (χ4n) is 2.41. The minimum atomic E-state index is -0.148. The van der Waals surface area contributed by atoms with Gasteiger partial charge in [-0.3, -0.25) is 9.59 Å². The molecule has 1 rings (SSSR count). The van der Waals surface area contributed by atoms with Crippen LogP contribution in [0.15, 0.2) is 0 Å². The molecule has 1 heterocycles. The lowest BCUT2D eigenvalue weighted by Gasteiger charge is -2.33. The Morgan fingerprint density at radius 1 is 1.30 bits per heavy atom. The Labute approximate surface area is 122 Å². The van der Waals surface area contributed by atoms with Gasteiger partial charge in [0, 0.05) is 31.6 Å². The van der Waals surface area contributed by atoms with Crippen LogP contribution in [0.25, 0.3) is 0 Å². The smallest absolute Gasteiger partial charge is 0.226 e. The van der Waals surface area contributed by atoms with E-state index in [0.717, 1.165) is 32.2 Å². The van der Waals surface area contributed by atoms with E-state index in [1.165, 1.54) is 0 Å². The van der Waals surface area contributed by atoms with Crippen molar-refractivity contribution in [2.45, 2.75) is 52.5 Å². The summed E-state index contributed by atoms with van der Waals surface area (Å²) in [5, 5.41) is 2.98. The lowest BCUT2D eigenvalue weighted by molar-refractivity contribution is -0.139. The van der Waals surface area contributed by atoms with Gasteiger partial charge < -0.3 is 16.0 Å². The van der Waals surface area contributed by atoms with E-state index >= 15 is 0 Å². The molecule has 1 aliphatic rings. The first-order valence-corrected chi connectivity index (χ1v) is 7.79. The van der Waals surface area contributed by atoms with Gasteiger partial charge >= 0.3 is 0 Å². The first-order chi connectivity index (χ1) is 9.47. The third-order valence-corrected chi connectivity index (χ3v) is 4.19. The summed E-state index contributed by atoms with van der Waals surface area (Å²) in [4.78, 5) is 26.0. The van der Waals surface area contributed by atoms with Crippen molar-refractivity contribution < 1.29 is 9.59 Å². The molecule has 0 bridgehead atoms. The fourth-order valence-corrected chi connectivity index (χ4v) is 2.41. The summed E-state index contributed by atoms with van der Waals surface area (Å²) in [6.07, 6.45) is 3.63. The number of hydrogen-bond acceptors (Lipinski definition) is 3. The van der Waals surface area contributed by atoms with E-state index < -0.39 is 0 Å². The number of carbonyl (C=O) groups is 2. The van der Waals surface area contributed by atoms with Crippen molar-refractivity contribution >= 4 is 11.8 Å². The maximum absolute atomic E-state index is 12.2. The lowest BCUT2D eigenvalue weighted by atomic mass is 9.94. The molecule has 2 atom stereocenters. The molecule has 5 heteroatoms. The molecular weight excluding hydrogens is 254 g/mol. The molecule has 1 fully saturated rings. The largest absolute Gasteiger partial charge is 0.356 e. The van der Waals surface area contributed by atoms with Gasteiger partial charge in [-0.2, -0.15) is 0 Å². The van der Waals surface area contributed by atoms with E-state index in [2.05, 4.69) is 12.2 Å². The van der Waals surface area contributed by atoms with Crippen molar-refractivity contribution in [3.05, 3.63) is 0 Å². The third kappa shape index (κ3) is 4.78. The normalized spacial score (nSPS) is 19.5. The molecule has 5 nitrogen and oxygen atoms in total. The second-order valence-electron chi connectivity index (χ2n) is 5.89. The van der Waals surface area contributed by atoms with Gasteiger partial charge in [0.1, 0.15) is 0 Å². The van der Waals surface area contributed by atoms with Gasteiger partial charge in [-0.1, -0.05) is 20.3 Å². The highest BCUT2D eigenvalue weighted by atomic mass is 16.2. The zero-order valence-electron chi connectivity index (χ0n) is 13.0. The highest BCUT2D eigenvalue weighted by Gasteiger charge is 2.30. The Bertz CT molecular complexity index is 323. The van der Waals surface area contributed by atoms with Crippen LogP contribution in [0.4, 0.5) is 0 Å². The number of likely N-dealkylation sites (tertiary alicyclic amines) is 1. The van der Waals surface area contributed by atoms with E-state index in [1.807, 2.05) is 18.7 Å². The molecule has 0 aromatic heterocycles. The Morgan fingerprint density at radius 2 is 1.90 bits per heavy atom. The number of carbonyl (C=O) groups excluding carboxylic acids is 2. The van der Waals surface area contributed by atoms with Crippen LogP contribution in [0.1, 0.15) is 46.5 Å². The van der Waals surface area contributed by atoms with Crippen LogP contribution in [-0.4, -0.2) is 42.4 Å². The number of nitrogens with zero attached hydrogens (tertiary/aromatic N) is 1. The summed E-state index contributed by atoms with van der Waals surface area (Å²) in [7, 11) is 0. The van der Waals surface area contributed by atoms with E-state index in [0.29, 0.717) is 13.1 Å². The summed E-state index contributed by atoms with van der Waals surface area (Å²) in [5.74, 6) is 0.169. The molecule has 0 aromatic carbocycles. The van der Waals surface area contributed by atoms with Crippen molar-refractivity contribution in [1.82, 2.24) is 10.2 Å². The molecule has 0 aromatic rings. The first-order valence-electron chi connectivity index (χ1n) is 7.79. The van der Waals surface area contributed by atoms with Crippen LogP contribution in [0, 0.1) is 11.8 Å². The van der Waals surface area contributed by atoms with Crippen LogP contribution in [0.5, 0.6) is 0 Å². The summed E-state index contributed by atoms with van der Waals surface area (Å²) in [6.45, 7) is 7.93. The molecule has 0 aliphatic carbocycles. The summed E-state index contributed by atoms with van der Waals surface area (Å²) >= 11 is 0. The molecule has 2 amide bonds. The van der Waals surface area contributed by atoms with Crippen molar-refractivity contribution in [3.63, 3.8) is 0 Å². The minimum Gasteiger partial charge on any atom is -0.356 e. The lowest BCUT2D eigenvalue weighted by Crippen LogP contribution is -2.47. The van der Waals surface area contributed by atoms with Gasteiger partial charge in [-0.15, -0.1) is 0 Å². The number of piperidine rings is 1. The zero-order valence-corrected chi connectivity index (χ0v) is 13.0. The molecule has 3 N–H and O–H groups in total. The average molecular weight is 283 g/mol. The van der Waals surface area contributed by atoms with Gasteiger partial charge in [0.2, 0.25) is 11.8 Å². The number of unbranched alkanes of at least 4 members (excludes halogenated alkanes) is 1. The second-order valence-corrected chi connectivity index (χ2v) is 5.89. The van der Waals surface area contributed by atoms with Crippen LogP contribution >= 0.6 is 0 Å². The molecule has 1 aliphatic heterocycles. The summed E-state index contributed by atoms with van der Waals surface area (Å²) < 4.78 is 0. The van der Waals surface area contributed by atoms with E-state index in [9.17, 15) is 9.59 Å². The van der Waals surface area contributed by atoms with Crippen LogP contribution in [0.2, 0.25) is 0 Å². The summed E-state index contributed by atoms with van der Waals surface area (Å²) in [6, 6.07) is -0.127. The highest BCUT2D eigenvalue weighted by Crippen LogP contribution is 2.19. The van der Waals surface area contributed by atoms with E-state index in [-0.39, 0.29) is 29.7 Å². The van der Waals surface area contributed by atoms with Gasteiger partial charge in [0.15, 0.2) is 0 Å². The number of rotatable bonds is 6. The Hall–Kier alpha value is -1.10. The Morgan fingerprint density at radius 3 is 2.40 bits per heavy atom. The predicted molar refractivity (Wildman–Crippen MR) is 80.0 cm³/mol. The maximum atomic E-state index is 12.2. The van der Waals surface area contributed by atoms with Gasteiger partial charge in [0.05, 0.1) is 5.92 Å². The number of amides is 2. The SMILES string of the molecule is CCCCNC(=O)C1CCN(C(=O)C(C)C(C)N)CC1. The average Bonchev–Trinajstić information content (AvgIpc) is 2.46. The zero-order chi connectivity index (χ0) is 15.1. The molecule has 116 valence electrons. The molecule has 0 spiro atoms. The number of nitrogens with two attached hydrogens (primary N) is 1. The first kappa shape index (κ1) is 17.0. The molecule has 20 heavy (non-hydrogen) atoms. The van der Waals surface area contributed by atoms with E-state index in [1.54, 1.807) is 0 Å². The minimum absolute atomic E-state index is 0.0570. The molecule has 1 saturated heterocycles. The summed E-state index contributed by atoms with van der Waals surface area (Å²) in [5.41, 5.74) is 5.78. The highest BCUT2D eigenvalue weighted by molar-refractivity contribution is 5.81. The third-order valence-electron chi connectivity index (χ3n) is 4.19. The van der Waals surface area contributed by atoms with E-state index in [4.69, 9.17) is 5.73 Å². The predicted octanol–water partition coefficient (Wildman–Crippen LogP) is 1.12. The van der Waals surface area contributed by atoms with Crippen molar-refractivity contribution in [2.75, 3.05) is 19.6 Å². The topological polar surface area (TPSA) is 75.4 Å². The fraction of sp³-hybridized carbons (Fsp3) is 0.867. The molecule has 0 saturated carbocycles. The van der Waals surface area contributed by atoms with Gasteiger partial charge in [0.25, 0.3) is 0 Å². The number of nitrogens with one attached hydrogen (secondary N) is 1. The van der Waals surface area contributed by atoms with Crippen LogP contribution in [0.3, 0.4) is 0 Å². The second kappa shape index (κ2) is 8.25. The number of hydrogen-bond donors (Lipinski definition) is 2. The van der Waals surface area contributed by atoms with Crippen molar-refractivity contribution in [1.29, 1.82) is 0 Å². The van der Waals surface area contributed by atoms with Gasteiger partial charge in [-0.25, -0.2) is 0 Å². The monoisotopic (exact) mass is 283 g/mol. The van der Waals surface area contributed by atoms with Crippen molar-refractivity contribution in [3.8, 4) is 0 Å². The molecular formula is C15H29N3O2.